The first kappa shape index (κ1) is 8.74. The molecule has 0 aliphatic rings. The van der Waals surface area contributed by atoms with E-state index in [0.717, 1.165) is 0 Å². The quantitative estimate of drug-likeness (QED) is 0.740. The molecule has 0 saturated carbocycles. The highest BCUT2D eigenvalue weighted by atomic mass is 79.9. The zero-order valence-corrected chi connectivity index (χ0v) is 8.24. The minimum Gasteiger partial charge on any atom is -0.224 e. The molecule has 0 aromatic heterocycles. The molecule has 0 aliphatic carbocycles. The molecule has 0 heterocycles. The molecule has 0 saturated heterocycles. The van der Waals surface area contributed by atoms with Crippen LogP contribution in [-0.4, -0.2) is 14.7 Å². The molecule has 2 nitrogen and oxygen atoms in total. The zero-order valence-electron chi connectivity index (χ0n) is 5.83. The van der Waals surface area contributed by atoms with Crippen LogP contribution in [0.2, 0.25) is 0 Å². The van der Waals surface area contributed by atoms with Crippen LogP contribution in [0.3, 0.4) is 0 Å². The third kappa shape index (κ3) is 2.04. The van der Waals surface area contributed by atoms with Gasteiger partial charge in [0.2, 0.25) is 0 Å². The minimum absolute atomic E-state index is 0.278. The van der Waals surface area contributed by atoms with Crippen molar-refractivity contribution in [3.05, 3.63) is 28.7 Å². The van der Waals surface area contributed by atoms with Crippen molar-refractivity contribution in [2.75, 3.05) is 6.26 Å². The van der Waals surface area contributed by atoms with Crippen LogP contribution in [0.5, 0.6) is 0 Å². The topological polar surface area (TPSA) is 34.1 Å². The van der Waals surface area contributed by atoms with Gasteiger partial charge in [-0.1, -0.05) is 12.1 Å². The Hall–Kier alpha value is -0.350. The van der Waals surface area contributed by atoms with Gasteiger partial charge in [-0.3, -0.25) is 0 Å². The Morgan fingerprint density at radius 1 is 1.55 bits per heavy atom. The van der Waals surface area contributed by atoms with Crippen molar-refractivity contribution in [3.63, 3.8) is 0 Å². The smallest absolute Gasteiger partial charge is 0.176 e. The molecular formula is C7H6BrO2S. The van der Waals surface area contributed by atoms with Gasteiger partial charge >= 0.3 is 0 Å². The summed E-state index contributed by atoms with van der Waals surface area (Å²) in [6, 6.07) is 7.57. The summed E-state index contributed by atoms with van der Waals surface area (Å²) in [5.74, 6) is 0. The largest absolute Gasteiger partial charge is 0.224 e. The summed E-state index contributed by atoms with van der Waals surface area (Å²) in [5, 5.41) is 0. The molecular weight excluding hydrogens is 228 g/mol. The summed E-state index contributed by atoms with van der Waals surface area (Å²) in [7, 11) is -3.11. The second-order valence-corrected chi connectivity index (χ2v) is 4.90. The van der Waals surface area contributed by atoms with Crippen molar-refractivity contribution in [1.29, 1.82) is 0 Å². The van der Waals surface area contributed by atoms with Crippen LogP contribution in [0.1, 0.15) is 0 Å². The van der Waals surface area contributed by atoms with Crippen molar-refractivity contribution >= 4 is 25.8 Å². The first-order chi connectivity index (χ1) is 5.02. The number of halogens is 1. The van der Waals surface area contributed by atoms with Crippen LogP contribution in [0.4, 0.5) is 0 Å². The van der Waals surface area contributed by atoms with Gasteiger partial charge in [-0.2, -0.15) is 0 Å². The Morgan fingerprint density at radius 3 is 2.55 bits per heavy atom. The highest BCUT2D eigenvalue weighted by Gasteiger charge is 2.09. The van der Waals surface area contributed by atoms with Crippen LogP contribution in [0, 0.1) is 6.07 Å². The molecule has 1 aromatic rings. The van der Waals surface area contributed by atoms with E-state index in [-0.39, 0.29) is 4.90 Å². The molecule has 59 valence electrons. The summed E-state index contributed by atoms with van der Waals surface area (Å²) in [4.78, 5) is 0.278. The van der Waals surface area contributed by atoms with E-state index in [1.807, 2.05) is 0 Å². The molecule has 0 atom stereocenters. The van der Waals surface area contributed by atoms with E-state index in [1.165, 1.54) is 12.3 Å². The second-order valence-electron chi connectivity index (χ2n) is 2.12. The molecule has 1 radical (unpaired) electrons. The maximum atomic E-state index is 11.0. The molecule has 0 amide bonds. The van der Waals surface area contributed by atoms with Crippen LogP contribution in [0.15, 0.2) is 27.6 Å². The van der Waals surface area contributed by atoms with Gasteiger partial charge in [-0.05, 0) is 28.1 Å². The fraction of sp³-hybridized carbons (Fsp3) is 0.143. The van der Waals surface area contributed by atoms with E-state index in [2.05, 4.69) is 22.0 Å². The lowest BCUT2D eigenvalue weighted by Crippen LogP contribution is -1.97. The van der Waals surface area contributed by atoms with Crippen molar-refractivity contribution in [2.45, 2.75) is 4.90 Å². The first-order valence-electron chi connectivity index (χ1n) is 2.88. The molecule has 0 fully saturated rings. The normalized spacial score (nSPS) is 11.5. The van der Waals surface area contributed by atoms with Crippen molar-refractivity contribution < 1.29 is 8.42 Å². The van der Waals surface area contributed by atoms with Crippen LogP contribution >= 0.6 is 15.9 Å². The molecule has 1 rings (SSSR count). The Balaban J connectivity index is 3.37. The SMILES string of the molecule is CS(=O)(=O)c1ccc[c]c1Br. The summed E-state index contributed by atoms with van der Waals surface area (Å²) in [5.41, 5.74) is 0. The molecule has 4 heteroatoms. The Labute approximate surface area is 74.3 Å². The fourth-order valence-electron chi connectivity index (χ4n) is 0.687. The molecule has 0 unspecified atom stereocenters. The molecule has 11 heavy (non-hydrogen) atoms. The summed E-state index contributed by atoms with van der Waals surface area (Å²) in [6.45, 7) is 0. The summed E-state index contributed by atoms with van der Waals surface area (Å²) >= 11 is 3.10. The van der Waals surface area contributed by atoms with Gasteiger partial charge in [-0.25, -0.2) is 8.42 Å². The van der Waals surface area contributed by atoms with Crippen LogP contribution in [-0.2, 0) is 9.84 Å². The lowest BCUT2D eigenvalue weighted by molar-refractivity contribution is 0.601. The number of hydrogen-bond donors (Lipinski definition) is 0. The third-order valence-electron chi connectivity index (χ3n) is 1.17. The Bertz CT molecular complexity index is 356. The van der Waals surface area contributed by atoms with E-state index in [9.17, 15) is 8.42 Å². The Kier molecular flexibility index (Phi) is 2.34. The monoisotopic (exact) mass is 233 g/mol. The van der Waals surface area contributed by atoms with Crippen LogP contribution in [0.25, 0.3) is 0 Å². The maximum absolute atomic E-state index is 11.0. The van der Waals surface area contributed by atoms with Crippen molar-refractivity contribution in [2.24, 2.45) is 0 Å². The van der Waals surface area contributed by atoms with Gasteiger partial charge in [0.25, 0.3) is 0 Å². The number of sulfone groups is 1. The van der Waals surface area contributed by atoms with Gasteiger partial charge in [-0.15, -0.1) is 0 Å². The van der Waals surface area contributed by atoms with E-state index >= 15 is 0 Å². The van der Waals surface area contributed by atoms with E-state index in [1.54, 1.807) is 12.1 Å². The van der Waals surface area contributed by atoms with E-state index in [4.69, 9.17) is 0 Å². The fourth-order valence-corrected chi connectivity index (χ4v) is 2.54. The van der Waals surface area contributed by atoms with E-state index < -0.39 is 9.84 Å². The molecule has 0 N–H and O–H groups in total. The predicted octanol–water partition coefficient (Wildman–Crippen LogP) is 1.65. The minimum atomic E-state index is -3.11. The van der Waals surface area contributed by atoms with Crippen LogP contribution < -0.4 is 0 Å². The highest BCUT2D eigenvalue weighted by Crippen LogP contribution is 2.19. The van der Waals surface area contributed by atoms with Crippen molar-refractivity contribution in [3.8, 4) is 0 Å². The summed E-state index contributed by atoms with van der Waals surface area (Å²) < 4.78 is 22.5. The van der Waals surface area contributed by atoms with E-state index in [0.29, 0.717) is 4.47 Å². The van der Waals surface area contributed by atoms with Gasteiger partial charge in [0.1, 0.15) is 0 Å². The van der Waals surface area contributed by atoms with Gasteiger partial charge < -0.3 is 0 Å². The number of benzene rings is 1. The molecule has 1 aromatic carbocycles. The van der Waals surface area contributed by atoms with Gasteiger partial charge in [0, 0.05) is 10.7 Å². The van der Waals surface area contributed by atoms with Gasteiger partial charge in [0.15, 0.2) is 9.84 Å². The number of hydrogen-bond acceptors (Lipinski definition) is 2. The Morgan fingerprint density at radius 2 is 2.18 bits per heavy atom. The third-order valence-corrected chi connectivity index (χ3v) is 3.23. The standard InChI is InChI=1S/C7H6BrO2S/c1-11(9,10)7-5-3-2-4-6(7)8/h2-3,5H,1H3. The highest BCUT2D eigenvalue weighted by molar-refractivity contribution is 9.10. The second kappa shape index (κ2) is 2.95. The average Bonchev–Trinajstić information content (AvgIpc) is 1.86. The average molecular weight is 234 g/mol. The summed E-state index contributed by atoms with van der Waals surface area (Å²) in [6.07, 6.45) is 1.17. The maximum Gasteiger partial charge on any atom is 0.176 e. The molecule has 0 aliphatic heterocycles. The lowest BCUT2D eigenvalue weighted by Gasteiger charge is -1.98. The molecule has 0 bridgehead atoms. The van der Waals surface area contributed by atoms with Crippen molar-refractivity contribution in [1.82, 2.24) is 0 Å². The lowest BCUT2D eigenvalue weighted by atomic mass is 10.4. The zero-order chi connectivity index (χ0) is 8.48. The predicted molar refractivity (Wildman–Crippen MR) is 46.1 cm³/mol. The molecule has 0 spiro atoms. The van der Waals surface area contributed by atoms with Gasteiger partial charge in [0.05, 0.1) is 4.90 Å². The number of rotatable bonds is 1. The first-order valence-corrected chi connectivity index (χ1v) is 5.56.